The van der Waals surface area contributed by atoms with Crippen molar-refractivity contribution in [3.8, 4) is 0 Å². The summed E-state index contributed by atoms with van der Waals surface area (Å²) in [5, 5.41) is 5.50. The summed E-state index contributed by atoms with van der Waals surface area (Å²) in [7, 11) is 0. The van der Waals surface area contributed by atoms with E-state index in [0.29, 0.717) is 12.5 Å². The summed E-state index contributed by atoms with van der Waals surface area (Å²) in [6.45, 7) is 9.39. The zero-order valence-electron chi connectivity index (χ0n) is 15.1. The van der Waals surface area contributed by atoms with Gasteiger partial charge < -0.3 is 10.2 Å². The smallest absolute Gasteiger partial charge is 0.321 e. The minimum absolute atomic E-state index is 0.154. The minimum atomic E-state index is -0.331. The molecule has 0 aromatic carbocycles. The fourth-order valence-corrected chi connectivity index (χ4v) is 4.89. The highest BCUT2D eigenvalue weighted by Crippen LogP contribution is 2.49. The number of hydrogen-bond donors (Lipinski definition) is 2. The molecule has 2 aliphatic carbocycles. The van der Waals surface area contributed by atoms with Crippen LogP contribution in [0.2, 0.25) is 0 Å². The van der Waals surface area contributed by atoms with Crippen molar-refractivity contribution in [1.82, 2.24) is 20.4 Å². The fourth-order valence-electron chi connectivity index (χ4n) is 4.89. The average Bonchev–Trinajstić information content (AvgIpc) is 3.18. The lowest BCUT2D eigenvalue weighted by atomic mass is 9.84. The number of piperazine rings is 1. The number of carbonyl (C=O) groups is 2. The van der Waals surface area contributed by atoms with Crippen LogP contribution in [0.3, 0.4) is 0 Å². The molecule has 24 heavy (non-hydrogen) atoms. The Morgan fingerprint density at radius 1 is 1.08 bits per heavy atom. The van der Waals surface area contributed by atoms with E-state index in [2.05, 4.69) is 34.3 Å². The van der Waals surface area contributed by atoms with Crippen LogP contribution >= 0.6 is 0 Å². The molecular weight excluding hydrogens is 304 g/mol. The molecule has 3 amide bonds. The highest BCUT2D eigenvalue weighted by molar-refractivity contribution is 5.95. The van der Waals surface area contributed by atoms with Crippen LogP contribution in [0.1, 0.15) is 39.5 Å². The maximum Gasteiger partial charge on any atom is 0.321 e. The Labute approximate surface area is 145 Å². The van der Waals surface area contributed by atoms with Gasteiger partial charge in [0.1, 0.15) is 0 Å². The monoisotopic (exact) mass is 336 g/mol. The van der Waals surface area contributed by atoms with Crippen molar-refractivity contribution >= 4 is 11.9 Å². The summed E-state index contributed by atoms with van der Waals surface area (Å²) < 4.78 is 0. The third-order valence-electron chi connectivity index (χ3n) is 6.33. The van der Waals surface area contributed by atoms with E-state index in [4.69, 9.17) is 0 Å². The Morgan fingerprint density at radius 2 is 1.79 bits per heavy atom. The number of hydrogen-bond acceptors (Lipinski definition) is 4. The molecule has 4 atom stereocenters. The Hall–Kier alpha value is -1.14. The third-order valence-corrected chi connectivity index (χ3v) is 6.33. The second-order valence-corrected chi connectivity index (χ2v) is 7.86. The molecule has 3 fully saturated rings. The van der Waals surface area contributed by atoms with Crippen molar-refractivity contribution in [1.29, 1.82) is 0 Å². The summed E-state index contributed by atoms with van der Waals surface area (Å²) in [6.07, 6.45) is 5.25. The van der Waals surface area contributed by atoms with E-state index in [0.717, 1.165) is 44.6 Å². The number of amides is 3. The van der Waals surface area contributed by atoms with Crippen molar-refractivity contribution in [3.63, 3.8) is 0 Å². The molecule has 0 aromatic rings. The lowest BCUT2D eigenvalue weighted by molar-refractivity contribution is -0.121. The number of imide groups is 1. The maximum absolute atomic E-state index is 12.1. The quantitative estimate of drug-likeness (QED) is 0.794. The van der Waals surface area contributed by atoms with Crippen LogP contribution in [0.5, 0.6) is 0 Å². The number of fused-ring (bicyclic) bond motifs is 2. The van der Waals surface area contributed by atoms with Gasteiger partial charge in [-0.15, -0.1) is 0 Å². The normalized spacial score (nSPS) is 31.8. The van der Waals surface area contributed by atoms with Gasteiger partial charge in [0.2, 0.25) is 5.91 Å². The van der Waals surface area contributed by atoms with Gasteiger partial charge in [-0.2, -0.15) is 0 Å². The zero-order chi connectivity index (χ0) is 17.1. The largest absolute Gasteiger partial charge is 0.335 e. The molecule has 1 aliphatic heterocycles. The molecule has 3 rings (SSSR count). The lowest BCUT2D eigenvalue weighted by Gasteiger charge is -2.33. The van der Waals surface area contributed by atoms with Crippen LogP contribution in [0, 0.1) is 17.8 Å². The van der Waals surface area contributed by atoms with E-state index >= 15 is 0 Å². The highest BCUT2D eigenvalue weighted by Gasteiger charge is 2.42. The van der Waals surface area contributed by atoms with Crippen molar-refractivity contribution in [2.45, 2.75) is 45.6 Å². The number of likely N-dealkylation sites (N-methyl/N-ethyl adjacent to an activating group) is 1. The van der Waals surface area contributed by atoms with E-state index in [9.17, 15) is 9.59 Å². The molecule has 1 heterocycles. The summed E-state index contributed by atoms with van der Waals surface area (Å²) in [5.41, 5.74) is 0. The standard InChI is InChI=1S/C18H32N4O2/c1-3-21-6-8-22(9-7-21)12-17(23)20-18(24)19-13(2)16-11-14-4-5-15(16)10-14/h13-16H,3-12H2,1-2H3,(H2,19,20,23,24). The topological polar surface area (TPSA) is 64.7 Å². The minimum Gasteiger partial charge on any atom is -0.335 e. The Kier molecular flexibility index (Phi) is 5.76. The molecule has 2 bridgehead atoms. The first kappa shape index (κ1) is 17.7. The maximum atomic E-state index is 12.1. The average molecular weight is 336 g/mol. The van der Waals surface area contributed by atoms with Crippen LogP contribution in [0.15, 0.2) is 0 Å². The van der Waals surface area contributed by atoms with Gasteiger partial charge in [-0.1, -0.05) is 13.3 Å². The van der Waals surface area contributed by atoms with E-state index < -0.39 is 0 Å². The summed E-state index contributed by atoms with van der Waals surface area (Å²) in [6, 6.07) is -0.177. The molecule has 6 heteroatoms. The van der Waals surface area contributed by atoms with Crippen molar-refractivity contribution in [3.05, 3.63) is 0 Å². The number of rotatable bonds is 5. The molecule has 0 radical (unpaired) electrons. The van der Waals surface area contributed by atoms with Gasteiger partial charge in [-0.3, -0.25) is 15.0 Å². The molecule has 1 saturated heterocycles. The van der Waals surface area contributed by atoms with E-state index in [1.165, 1.54) is 25.7 Å². The van der Waals surface area contributed by atoms with Crippen molar-refractivity contribution in [2.75, 3.05) is 39.3 Å². The van der Waals surface area contributed by atoms with Crippen LogP contribution in [0.25, 0.3) is 0 Å². The Bertz CT molecular complexity index is 462. The van der Waals surface area contributed by atoms with Gasteiger partial charge in [-0.05, 0) is 50.5 Å². The zero-order valence-corrected chi connectivity index (χ0v) is 15.1. The summed E-state index contributed by atoms with van der Waals surface area (Å²) in [4.78, 5) is 28.7. The van der Waals surface area contributed by atoms with E-state index in [1.54, 1.807) is 0 Å². The lowest BCUT2D eigenvalue weighted by Crippen LogP contribution is -2.52. The van der Waals surface area contributed by atoms with E-state index in [1.807, 2.05) is 0 Å². The molecule has 2 saturated carbocycles. The van der Waals surface area contributed by atoms with Gasteiger partial charge in [0.15, 0.2) is 0 Å². The first-order valence-electron chi connectivity index (χ1n) is 9.60. The van der Waals surface area contributed by atoms with Crippen LogP contribution < -0.4 is 10.6 Å². The van der Waals surface area contributed by atoms with Crippen LogP contribution in [0.4, 0.5) is 4.79 Å². The Balaban J connectivity index is 1.36. The number of nitrogens with one attached hydrogen (secondary N) is 2. The molecule has 0 spiro atoms. The van der Waals surface area contributed by atoms with Gasteiger partial charge in [0.05, 0.1) is 6.54 Å². The van der Waals surface area contributed by atoms with Gasteiger partial charge in [-0.25, -0.2) is 4.79 Å². The Morgan fingerprint density at radius 3 is 2.38 bits per heavy atom. The fraction of sp³-hybridized carbons (Fsp3) is 0.889. The molecule has 6 nitrogen and oxygen atoms in total. The molecule has 136 valence electrons. The number of carbonyl (C=O) groups excluding carboxylic acids is 2. The first-order valence-corrected chi connectivity index (χ1v) is 9.60. The summed E-state index contributed by atoms with van der Waals surface area (Å²) in [5.74, 6) is 2.04. The van der Waals surface area contributed by atoms with Crippen LogP contribution in [-0.4, -0.2) is 67.0 Å². The van der Waals surface area contributed by atoms with Crippen LogP contribution in [-0.2, 0) is 4.79 Å². The van der Waals surface area contributed by atoms with Gasteiger partial charge >= 0.3 is 6.03 Å². The second-order valence-electron chi connectivity index (χ2n) is 7.86. The van der Waals surface area contributed by atoms with Crippen molar-refractivity contribution < 1.29 is 9.59 Å². The molecule has 4 unspecified atom stereocenters. The third kappa shape index (κ3) is 4.28. The van der Waals surface area contributed by atoms with E-state index in [-0.39, 0.29) is 18.0 Å². The number of nitrogens with zero attached hydrogens (tertiary/aromatic N) is 2. The number of urea groups is 1. The first-order chi connectivity index (χ1) is 11.5. The van der Waals surface area contributed by atoms with Crippen molar-refractivity contribution in [2.24, 2.45) is 17.8 Å². The second kappa shape index (κ2) is 7.83. The van der Waals surface area contributed by atoms with Gasteiger partial charge in [0.25, 0.3) is 0 Å². The van der Waals surface area contributed by atoms with Gasteiger partial charge in [0, 0.05) is 32.2 Å². The highest BCUT2D eigenvalue weighted by atomic mass is 16.2. The molecule has 2 N–H and O–H groups in total. The molecule has 0 aromatic heterocycles. The SMILES string of the molecule is CCN1CCN(CC(=O)NC(=O)NC(C)C2CC3CCC2C3)CC1. The molecular formula is C18H32N4O2. The predicted octanol–water partition coefficient (Wildman–Crippen LogP) is 1.27. The predicted molar refractivity (Wildman–Crippen MR) is 93.6 cm³/mol. The molecule has 3 aliphatic rings. The summed E-state index contributed by atoms with van der Waals surface area (Å²) >= 11 is 0.